The van der Waals surface area contributed by atoms with Crippen LogP contribution in [-0.2, 0) is 5.41 Å². The highest BCUT2D eigenvalue weighted by atomic mass is 35.5. The fourth-order valence-corrected chi connectivity index (χ4v) is 5.54. The summed E-state index contributed by atoms with van der Waals surface area (Å²) in [6.45, 7) is 10.0. The maximum atomic E-state index is 13.7. The van der Waals surface area contributed by atoms with Gasteiger partial charge in [0.25, 0.3) is 0 Å². The Kier molecular flexibility index (Phi) is 8.75. The van der Waals surface area contributed by atoms with Crippen molar-refractivity contribution in [3.63, 3.8) is 0 Å². The summed E-state index contributed by atoms with van der Waals surface area (Å²) in [6.07, 6.45) is 3.37. The average molecular weight is 585 g/mol. The van der Waals surface area contributed by atoms with Gasteiger partial charge < -0.3 is 10.6 Å². The van der Waals surface area contributed by atoms with Gasteiger partial charge in [-0.25, -0.2) is 14.5 Å². The molecule has 218 valence electrons. The van der Waals surface area contributed by atoms with Gasteiger partial charge >= 0.3 is 6.03 Å². The van der Waals surface area contributed by atoms with E-state index in [1.807, 2.05) is 61.5 Å². The Balaban J connectivity index is 1.35. The molecule has 3 heterocycles. The molecule has 4 aromatic rings. The number of hydrogen-bond donors (Lipinski definition) is 3. The minimum absolute atomic E-state index is 0.0301. The largest absolute Gasteiger partial charge is 0.324 e. The topological polar surface area (TPSA) is 101 Å². The number of aromatic nitrogens is 3. The molecule has 0 radical (unpaired) electrons. The third-order valence-electron chi connectivity index (χ3n) is 7.69. The van der Waals surface area contributed by atoms with Gasteiger partial charge in [0, 0.05) is 23.4 Å². The van der Waals surface area contributed by atoms with E-state index in [2.05, 4.69) is 41.7 Å². The molecule has 1 saturated heterocycles. The van der Waals surface area contributed by atoms with Crippen LogP contribution in [0.2, 0.25) is 5.15 Å². The lowest BCUT2D eigenvalue weighted by Gasteiger charge is -2.30. The van der Waals surface area contributed by atoms with E-state index in [0.29, 0.717) is 17.1 Å². The van der Waals surface area contributed by atoms with E-state index in [9.17, 15) is 9.59 Å². The number of ketones is 1. The number of anilines is 2. The summed E-state index contributed by atoms with van der Waals surface area (Å²) >= 11 is 6.32. The molecule has 9 heteroatoms. The number of amides is 2. The van der Waals surface area contributed by atoms with Crippen LogP contribution in [0, 0.1) is 12.8 Å². The highest BCUT2D eigenvalue weighted by molar-refractivity contribution is 6.33. The quantitative estimate of drug-likeness (QED) is 0.158. The Morgan fingerprint density at radius 3 is 2.33 bits per heavy atom. The lowest BCUT2D eigenvalue weighted by Crippen LogP contribution is -2.33. The normalized spacial score (nSPS) is 14.8. The van der Waals surface area contributed by atoms with Crippen LogP contribution >= 0.6 is 11.6 Å². The number of pyridine rings is 1. The van der Waals surface area contributed by atoms with Crippen LogP contribution in [0.1, 0.15) is 66.7 Å². The van der Waals surface area contributed by atoms with E-state index in [4.69, 9.17) is 16.7 Å². The Morgan fingerprint density at radius 2 is 1.69 bits per heavy atom. The van der Waals surface area contributed by atoms with Gasteiger partial charge in [-0.1, -0.05) is 62.2 Å². The molecule has 1 aliphatic heterocycles. The molecule has 5 rings (SSSR count). The standard InChI is InChI=1S/C33H37ClN6O2/c1-21-7-13-25(14-8-21)40-28(20-27(39-40)33(2,3)4)38-32(42)37-24-11-9-22(10-12-24)29(23-15-18-35-19-16-23)30(41)26-6-5-17-36-31(26)34/h5-14,17,20,23,29,35H,15-16,18-19H2,1-4H3,(H2,37,38,42). The number of urea groups is 1. The van der Waals surface area contributed by atoms with Gasteiger partial charge in [0.2, 0.25) is 0 Å². The first-order valence-corrected chi connectivity index (χ1v) is 14.7. The number of nitrogens with zero attached hydrogens (tertiary/aromatic N) is 3. The second-order valence-corrected chi connectivity index (χ2v) is 12.2. The van der Waals surface area contributed by atoms with Crippen LogP contribution in [0.15, 0.2) is 72.9 Å². The van der Waals surface area contributed by atoms with Crippen LogP contribution in [0.25, 0.3) is 5.69 Å². The van der Waals surface area contributed by atoms with Gasteiger partial charge in [0.05, 0.1) is 22.9 Å². The molecule has 2 aromatic heterocycles. The Morgan fingerprint density at radius 1 is 1.00 bits per heavy atom. The molecule has 0 saturated carbocycles. The van der Waals surface area contributed by atoms with E-state index in [1.165, 1.54) is 0 Å². The van der Waals surface area contributed by atoms with Gasteiger partial charge in [0.1, 0.15) is 11.0 Å². The van der Waals surface area contributed by atoms with E-state index >= 15 is 0 Å². The zero-order valence-corrected chi connectivity index (χ0v) is 25.2. The summed E-state index contributed by atoms with van der Waals surface area (Å²) in [5.41, 5.74) is 4.62. The third-order valence-corrected chi connectivity index (χ3v) is 7.99. The predicted molar refractivity (Wildman–Crippen MR) is 168 cm³/mol. The molecular formula is C33H37ClN6O2. The minimum atomic E-state index is -0.385. The van der Waals surface area contributed by atoms with Crippen LogP contribution in [0.4, 0.5) is 16.3 Å². The lowest BCUT2D eigenvalue weighted by atomic mass is 9.76. The summed E-state index contributed by atoms with van der Waals surface area (Å²) < 4.78 is 1.75. The number of rotatable bonds is 7. The molecule has 1 atom stereocenters. The second kappa shape index (κ2) is 12.5. The fraction of sp³-hybridized carbons (Fsp3) is 0.333. The Hall–Kier alpha value is -4.01. The fourth-order valence-electron chi connectivity index (χ4n) is 5.32. The van der Waals surface area contributed by atoms with Gasteiger partial charge in [-0.2, -0.15) is 5.10 Å². The molecule has 1 aliphatic rings. The SMILES string of the molecule is Cc1ccc(-n2nc(C(C)(C)C)cc2NC(=O)Nc2ccc(C(C(=O)c3cccnc3Cl)C3CCNCC3)cc2)cc1. The number of aryl methyl sites for hydroxylation is 1. The molecule has 1 fully saturated rings. The molecule has 0 spiro atoms. The average Bonchev–Trinajstić information content (AvgIpc) is 3.39. The number of carbonyl (C=O) groups excluding carboxylic acids is 2. The lowest BCUT2D eigenvalue weighted by molar-refractivity contribution is 0.0916. The monoisotopic (exact) mass is 584 g/mol. The van der Waals surface area contributed by atoms with Crippen molar-refractivity contribution in [2.24, 2.45) is 5.92 Å². The maximum Gasteiger partial charge on any atom is 0.324 e. The van der Waals surface area contributed by atoms with E-state index in [1.54, 1.807) is 23.0 Å². The van der Waals surface area contributed by atoms with Crippen molar-refractivity contribution in [2.45, 2.75) is 51.9 Å². The van der Waals surface area contributed by atoms with Crippen molar-refractivity contribution >= 4 is 34.9 Å². The molecule has 8 nitrogen and oxygen atoms in total. The number of Topliss-reactive ketones (excluding diaryl/α,β-unsaturated/α-hetero) is 1. The predicted octanol–water partition coefficient (Wildman–Crippen LogP) is 7.14. The van der Waals surface area contributed by atoms with E-state index in [-0.39, 0.29) is 34.2 Å². The first-order valence-electron chi connectivity index (χ1n) is 14.3. The minimum Gasteiger partial charge on any atom is -0.317 e. The zero-order chi connectivity index (χ0) is 29.9. The summed E-state index contributed by atoms with van der Waals surface area (Å²) in [5.74, 6) is 0.368. The molecule has 0 aliphatic carbocycles. The molecule has 1 unspecified atom stereocenters. The smallest absolute Gasteiger partial charge is 0.317 e. The van der Waals surface area contributed by atoms with Crippen molar-refractivity contribution < 1.29 is 9.59 Å². The highest BCUT2D eigenvalue weighted by Gasteiger charge is 2.32. The first-order chi connectivity index (χ1) is 20.1. The Labute approximate surface area is 251 Å². The van der Waals surface area contributed by atoms with Crippen molar-refractivity contribution in [2.75, 3.05) is 23.7 Å². The molecule has 42 heavy (non-hydrogen) atoms. The number of piperidine rings is 1. The summed E-state index contributed by atoms with van der Waals surface area (Å²) in [7, 11) is 0. The summed E-state index contributed by atoms with van der Waals surface area (Å²) in [5, 5.41) is 14.3. The zero-order valence-electron chi connectivity index (χ0n) is 24.4. The van der Waals surface area contributed by atoms with Gasteiger partial charge in [-0.15, -0.1) is 0 Å². The molecule has 0 bridgehead atoms. The van der Waals surface area contributed by atoms with Crippen molar-refractivity contribution in [1.82, 2.24) is 20.1 Å². The second-order valence-electron chi connectivity index (χ2n) is 11.9. The van der Waals surface area contributed by atoms with E-state index < -0.39 is 0 Å². The highest BCUT2D eigenvalue weighted by Crippen LogP contribution is 2.36. The molecule has 2 aromatic carbocycles. The number of halogens is 1. The number of benzene rings is 2. The van der Waals surface area contributed by atoms with Crippen LogP contribution in [0.5, 0.6) is 0 Å². The van der Waals surface area contributed by atoms with Crippen molar-refractivity contribution in [3.05, 3.63) is 100 Å². The number of carbonyl (C=O) groups is 2. The van der Waals surface area contributed by atoms with Gasteiger partial charge in [-0.05, 0) is 80.7 Å². The summed E-state index contributed by atoms with van der Waals surface area (Å²) in [4.78, 5) is 31.0. The van der Waals surface area contributed by atoms with Crippen LogP contribution in [-0.4, -0.2) is 39.7 Å². The third kappa shape index (κ3) is 6.72. The van der Waals surface area contributed by atoms with E-state index in [0.717, 1.165) is 48.4 Å². The Bertz CT molecular complexity index is 1550. The molecule has 3 N–H and O–H groups in total. The number of hydrogen-bond acceptors (Lipinski definition) is 5. The van der Waals surface area contributed by atoms with Crippen LogP contribution in [0.3, 0.4) is 0 Å². The van der Waals surface area contributed by atoms with Gasteiger partial charge in [-0.3, -0.25) is 10.1 Å². The molecule has 2 amide bonds. The van der Waals surface area contributed by atoms with Gasteiger partial charge in [0.15, 0.2) is 5.78 Å². The first kappa shape index (κ1) is 29.5. The molecular weight excluding hydrogens is 548 g/mol. The number of nitrogens with one attached hydrogen (secondary N) is 3. The van der Waals surface area contributed by atoms with Crippen molar-refractivity contribution in [1.29, 1.82) is 0 Å². The maximum absolute atomic E-state index is 13.7. The van der Waals surface area contributed by atoms with Crippen molar-refractivity contribution in [3.8, 4) is 5.69 Å². The van der Waals surface area contributed by atoms with Crippen LogP contribution < -0.4 is 16.0 Å². The summed E-state index contributed by atoms with van der Waals surface area (Å²) in [6, 6.07) is 20.5.